The van der Waals surface area contributed by atoms with Crippen molar-refractivity contribution in [2.24, 2.45) is 4.99 Å². The van der Waals surface area contributed by atoms with Crippen LogP contribution in [0, 0.1) is 0 Å². The second-order valence-electron chi connectivity index (χ2n) is 8.34. The molecule has 0 aliphatic heterocycles. The lowest BCUT2D eigenvalue weighted by Crippen LogP contribution is -2.32. The fourth-order valence-electron chi connectivity index (χ4n) is 4.68. The van der Waals surface area contributed by atoms with E-state index in [9.17, 15) is 18.0 Å². The number of rotatable bonds is 4. The SMILES string of the molecule is O=C(N=C1Cc2[nH]nc(C(c3ccccc3)(c3ccccc3)c3ccccc3)c2C=C1F)C(F)(F)F. The number of benzene rings is 3. The first kappa shape index (κ1) is 23.4. The predicted octanol–water partition coefficient (Wildman–Crippen LogP) is 6.19. The van der Waals surface area contributed by atoms with Crippen LogP contribution in [-0.4, -0.2) is 28.0 Å². The molecule has 4 aromatic rings. The van der Waals surface area contributed by atoms with E-state index in [4.69, 9.17) is 0 Å². The summed E-state index contributed by atoms with van der Waals surface area (Å²) in [6.07, 6.45) is -4.42. The van der Waals surface area contributed by atoms with Crippen LogP contribution in [0.25, 0.3) is 6.08 Å². The van der Waals surface area contributed by atoms with E-state index in [1.54, 1.807) is 0 Å². The molecule has 5 rings (SSSR count). The number of carbonyl (C=O) groups is 1. The number of aliphatic imine (C=N–C) groups is 1. The lowest BCUT2D eigenvalue weighted by molar-refractivity contribution is -0.169. The van der Waals surface area contributed by atoms with Gasteiger partial charge in [-0.1, -0.05) is 91.0 Å². The summed E-state index contributed by atoms with van der Waals surface area (Å²) in [4.78, 5) is 14.4. The van der Waals surface area contributed by atoms with Crippen molar-refractivity contribution in [1.82, 2.24) is 10.2 Å². The molecule has 0 unspecified atom stereocenters. The molecule has 0 fully saturated rings. The standard InChI is InChI=1S/C28H19F4N3O/c29-22-16-21-23(17-24(22)33-26(36)28(30,31)32)34-35-25(21)27(18-10-4-1-5-11-18,19-12-6-2-7-13-19)20-14-8-3-9-15-20/h1-16H,17H2,(H,34,35). The average molecular weight is 489 g/mol. The van der Waals surface area contributed by atoms with Crippen LogP contribution in [0.2, 0.25) is 0 Å². The van der Waals surface area contributed by atoms with E-state index < -0.39 is 29.0 Å². The Morgan fingerprint density at radius 2 is 1.28 bits per heavy atom. The zero-order chi connectivity index (χ0) is 25.3. The van der Waals surface area contributed by atoms with E-state index in [1.807, 2.05) is 91.0 Å². The van der Waals surface area contributed by atoms with Gasteiger partial charge >= 0.3 is 12.1 Å². The van der Waals surface area contributed by atoms with Gasteiger partial charge in [0.05, 0.1) is 16.8 Å². The van der Waals surface area contributed by atoms with Crippen LogP contribution in [0.1, 0.15) is 33.6 Å². The highest BCUT2D eigenvalue weighted by Crippen LogP contribution is 2.47. The summed E-state index contributed by atoms with van der Waals surface area (Å²) in [7, 11) is 0. The largest absolute Gasteiger partial charge is 0.473 e. The second-order valence-corrected chi connectivity index (χ2v) is 8.34. The Labute approximate surface area is 204 Å². The minimum Gasteiger partial charge on any atom is -0.281 e. The maximum absolute atomic E-state index is 15.1. The van der Waals surface area contributed by atoms with Crippen molar-refractivity contribution in [1.29, 1.82) is 0 Å². The molecular formula is C28H19F4N3O. The number of hydrogen-bond acceptors (Lipinski definition) is 2. The number of aromatic amines is 1. The molecule has 0 atom stereocenters. The lowest BCUT2D eigenvalue weighted by Gasteiger charge is -2.35. The summed E-state index contributed by atoms with van der Waals surface area (Å²) in [6, 6.07) is 28.8. The van der Waals surface area contributed by atoms with Gasteiger partial charge in [-0.3, -0.25) is 9.89 Å². The molecule has 4 nitrogen and oxygen atoms in total. The highest BCUT2D eigenvalue weighted by molar-refractivity contribution is 6.10. The number of hydrogen-bond donors (Lipinski definition) is 1. The molecule has 0 radical (unpaired) electrons. The zero-order valence-corrected chi connectivity index (χ0v) is 18.8. The number of allylic oxidation sites excluding steroid dienone is 1. The van der Waals surface area contributed by atoms with Crippen molar-refractivity contribution in [2.45, 2.75) is 18.0 Å². The number of aromatic nitrogens is 2. The minimum atomic E-state index is -5.18. The normalized spacial score (nSPS) is 14.9. The number of amides is 1. The molecule has 1 N–H and O–H groups in total. The fourth-order valence-corrected chi connectivity index (χ4v) is 4.68. The molecule has 3 aromatic carbocycles. The Morgan fingerprint density at radius 1 is 0.806 bits per heavy atom. The molecule has 1 heterocycles. The Morgan fingerprint density at radius 3 is 1.72 bits per heavy atom. The van der Waals surface area contributed by atoms with E-state index in [0.29, 0.717) is 17.0 Å². The quantitative estimate of drug-likeness (QED) is 0.275. The number of halogens is 4. The van der Waals surface area contributed by atoms with Gasteiger partial charge in [-0.15, -0.1) is 0 Å². The van der Waals surface area contributed by atoms with E-state index in [1.165, 1.54) is 0 Å². The van der Waals surface area contributed by atoms with Crippen LogP contribution >= 0.6 is 0 Å². The van der Waals surface area contributed by atoms with Crippen LogP contribution in [0.3, 0.4) is 0 Å². The fraction of sp³-hybridized carbons (Fsp3) is 0.107. The van der Waals surface area contributed by atoms with Gasteiger partial charge in [-0.2, -0.15) is 18.3 Å². The number of nitrogens with one attached hydrogen (secondary N) is 1. The van der Waals surface area contributed by atoms with Crippen LogP contribution in [-0.2, 0) is 16.6 Å². The molecule has 0 saturated heterocycles. The van der Waals surface area contributed by atoms with Crippen LogP contribution in [0.15, 0.2) is 102 Å². The Bertz CT molecular complexity index is 1360. The molecule has 0 saturated carbocycles. The van der Waals surface area contributed by atoms with Gasteiger partial charge in [0.2, 0.25) is 0 Å². The third-order valence-electron chi connectivity index (χ3n) is 6.23. The van der Waals surface area contributed by atoms with E-state index in [-0.39, 0.29) is 6.42 Å². The molecule has 1 aromatic heterocycles. The molecule has 1 amide bonds. The Hall–Kier alpha value is -4.33. The van der Waals surface area contributed by atoms with Gasteiger partial charge in [-0.25, -0.2) is 9.38 Å². The van der Waals surface area contributed by atoms with E-state index in [2.05, 4.69) is 15.2 Å². The molecule has 1 aliphatic rings. The first-order valence-electron chi connectivity index (χ1n) is 11.1. The van der Waals surface area contributed by atoms with Gasteiger partial charge in [0.15, 0.2) is 0 Å². The highest BCUT2D eigenvalue weighted by Gasteiger charge is 2.44. The highest BCUT2D eigenvalue weighted by atomic mass is 19.4. The maximum Gasteiger partial charge on any atom is 0.473 e. The Kier molecular flexibility index (Phi) is 5.88. The number of fused-ring (bicyclic) bond motifs is 1. The average Bonchev–Trinajstić information content (AvgIpc) is 3.29. The van der Waals surface area contributed by atoms with Crippen molar-refractivity contribution < 1.29 is 22.4 Å². The predicted molar refractivity (Wildman–Crippen MR) is 128 cm³/mol. The molecule has 36 heavy (non-hydrogen) atoms. The first-order valence-corrected chi connectivity index (χ1v) is 11.1. The smallest absolute Gasteiger partial charge is 0.281 e. The summed E-state index contributed by atoms with van der Waals surface area (Å²) in [5.41, 5.74) is 2.31. The van der Waals surface area contributed by atoms with Gasteiger partial charge in [0.1, 0.15) is 5.83 Å². The van der Waals surface area contributed by atoms with Crippen LogP contribution in [0.4, 0.5) is 17.6 Å². The van der Waals surface area contributed by atoms with Gasteiger partial charge in [0.25, 0.3) is 0 Å². The molecule has 1 aliphatic carbocycles. The molecule has 0 spiro atoms. The van der Waals surface area contributed by atoms with Crippen molar-refractivity contribution in [3.8, 4) is 0 Å². The summed E-state index contributed by atoms with van der Waals surface area (Å²) >= 11 is 0. The molecular weight excluding hydrogens is 470 g/mol. The lowest BCUT2D eigenvalue weighted by atomic mass is 9.66. The van der Waals surface area contributed by atoms with Gasteiger partial charge in [-0.05, 0) is 22.8 Å². The van der Waals surface area contributed by atoms with Gasteiger partial charge < -0.3 is 0 Å². The first-order chi connectivity index (χ1) is 17.3. The third kappa shape index (κ3) is 3.94. The third-order valence-corrected chi connectivity index (χ3v) is 6.23. The molecule has 180 valence electrons. The van der Waals surface area contributed by atoms with Crippen molar-refractivity contribution >= 4 is 17.7 Å². The van der Waals surface area contributed by atoms with Crippen LogP contribution in [0.5, 0.6) is 0 Å². The summed E-state index contributed by atoms with van der Waals surface area (Å²) < 4.78 is 53.3. The van der Waals surface area contributed by atoms with Crippen molar-refractivity contribution in [3.63, 3.8) is 0 Å². The Balaban J connectivity index is 1.77. The van der Waals surface area contributed by atoms with E-state index >= 15 is 4.39 Å². The molecule has 0 bridgehead atoms. The number of carbonyl (C=O) groups excluding carboxylic acids is 1. The zero-order valence-electron chi connectivity index (χ0n) is 18.8. The van der Waals surface area contributed by atoms with E-state index in [0.717, 1.165) is 22.8 Å². The van der Waals surface area contributed by atoms with Crippen LogP contribution < -0.4 is 0 Å². The van der Waals surface area contributed by atoms with Crippen molar-refractivity contribution in [2.75, 3.05) is 0 Å². The van der Waals surface area contributed by atoms with Crippen molar-refractivity contribution in [3.05, 3.63) is 130 Å². The number of nitrogens with zero attached hydrogens (tertiary/aromatic N) is 2. The molecule has 8 heteroatoms. The number of alkyl halides is 3. The monoisotopic (exact) mass is 489 g/mol. The summed E-state index contributed by atoms with van der Waals surface area (Å²) in [5.74, 6) is -3.36. The summed E-state index contributed by atoms with van der Waals surface area (Å²) in [6.45, 7) is 0. The number of H-pyrrole nitrogens is 1. The van der Waals surface area contributed by atoms with Gasteiger partial charge in [0, 0.05) is 17.7 Å². The maximum atomic E-state index is 15.1. The minimum absolute atomic E-state index is 0.332. The summed E-state index contributed by atoms with van der Waals surface area (Å²) in [5, 5.41) is 7.47. The topological polar surface area (TPSA) is 58.1 Å². The second kappa shape index (κ2) is 9.03.